The van der Waals surface area contributed by atoms with E-state index in [1.54, 1.807) is 24.3 Å². The first-order valence-corrected chi connectivity index (χ1v) is 5.48. The molecule has 1 amide bonds. The van der Waals surface area contributed by atoms with E-state index in [2.05, 4.69) is 5.32 Å². The van der Waals surface area contributed by atoms with E-state index in [0.29, 0.717) is 5.39 Å². The van der Waals surface area contributed by atoms with Gasteiger partial charge in [-0.25, -0.2) is 0 Å². The van der Waals surface area contributed by atoms with Gasteiger partial charge in [0.2, 0.25) is 0 Å². The number of alkyl halides is 3. The molecule has 2 N–H and O–H groups in total. The minimum absolute atomic E-state index is 0.0106. The largest absolute Gasteiger partial charge is 0.430 e. The van der Waals surface area contributed by atoms with Gasteiger partial charge in [-0.1, -0.05) is 30.3 Å². The van der Waals surface area contributed by atoms with Crippen molar-refractivity contribution in [1.82, 2.24) is 0 Å². The Bertz CT molecular complexity index is 696. The standard InChI is InChI=1S/C13H8F3NO2/c14-13(15,16)12(19)10-8-4-2-1-3-7(8)5-6-9(10)17-11(12)18/h1-6,19H,(H,17,18)/t12-/m0/s1. The first-order chi connectivity index (χ1) is 8.85. The predicted octanol–water partition coefficient (Wildman–Crippen LogP) is 2.54. The van der Waals surface area contributed by atoms with E-state index in [-0.39, 0.29) is 11.1 Å². The van der Waals surface area contributed by atoms with E-state index in [0.717, 1.165) is 0 Å². The molecule has 0 radical (unpaired) electrons. The van der Waals surface area contributed by atoms with E-state index in [4.69, 9.17) is 0 Å². The molecule has 0 fully saturated rings. The zero-order valence-corrected chi connectivity index (χ0v) is 9.45. The third-order valence-corrected chi connectivity index (χ3v) is 3.28. The molecule has 0 aliphatic carbocycles. The van der Waals surface area contributed by atoms with Gasteiger partial charge in [-0.05, 0) is 16.8 Å². The summed E-state index contributed by atoms with van der Waals surface area (Å²) < 4.78 is 39.3. The first-order valence-electron chi connectivity index (χ1n) is 5.48. The fraction of sp³-hybridized carbons (Fsp3) is 0.154. The molecule has 3 rings (SSSR count). The second kappa shape index (κ2) is 3.48. The molecule has 3 nitrogen and oxygen atoms in total. The normalized spacial score (nSPS) is 22.4. The van der Waals surface area contributed by atoms with Crippen LogP contribution in [0.25, 0.3) is 10.8 Å². The highest BCUT2D eigenvalue weighted by molar-refractivity contribution is 6.11. The SMILES string of the molecule is O=C1Nc2ccc3ccccc3c2[C@@]1(O)C(F)(F)F. The van der Waals surface area contributed by atoms with Gasteiger partial charge < -0.3 is 10.4 Å². The number of carbonyl (C=O) groups is 1. The van der Waals surface area contributed by atoms with Crippen molar-refractivity contribution in [2.75, 3.05) is 5.32 Å². The van der Waals surface area contributed by atoms with E-state index in [9.17, 15) is 23.1 Å². The van der Waals surface area contributed by atoms with E-state index >= 15 is 0 Å². The van der Waals surface area contributed by atoms with Crippen LogP contribution >= 0.6 is 0 Å². The number of carbonyl (C=O) groups excluding carboxylic acids is 1. The summed E-state index contributed by atoms with van der Waals surface area (Å²) in [5, 5.41) is 12.7. The minimum Gasteiger partial charge on any atom is -0.368 e. The Balaban J connectivity index is 2.42. The maximum Gasteiger partial charge on any atom is 0.430 e. The molecule has 0 unspecified atom stereocenters. The lowest BCUT2D eigenvalue weighted by Crippen LogP contribution is -2.47. The summed E-state index contributed by atoms with van der Waals surface area (Å²) in [6.45, 7) is 0. The van der Waals surface area contributed by atoms with Crippen LogP contribution in [0.15, 0.2) is 36.4 Å². The number of hydrogen-bond donors (Lipinski definition) is 2. The molecule has 2 aromatic carbocycles. The van der Waals surface area contributed by atoms with E-state index in [1.165, 1.54) is 12.1 Å². The number of nitrogens with one attached hydrogen (secondary N) is 1. The molecule has 0 saturated heterocycles. The molecule has 0 bridgehead atoms. The molecule has 98 valence electrons. The first kappa shape index (κ1) is 12.0. The molecule has 19 heavy (non-hydrogen) atoms. The van der Waals surface area contributed by atoms with Crippen molar-refractivity contribution in [3.05, 3.63) is 42.0 Å². The van der Waals surface area contributed by atoms with Gasteiger partial charge in [0.25, 0.3) is 11.5 Å². The number of hydrogen-bond acceptors (Lipinski definition) is 2. The number of anilines is 1. The Morgan fingerprint density at radius 1 is 1.11 bits per heavy atom. The minimum atomic E-state index is -5.08. The van der Waals surface area contributed by atoms with Gasteiger partial charge in [0, 0.05) is 11.3 Å². The molecule has 0 spiro atoms. The Morgan fingerprint density at radius 3 is 2.47 bits per heavy atom. The summed E-state index contributed by atoms with van der Waals surface area (Å²) >= 11 is 0. The van der Waals surface area contributed by atoms with E-state index in [1.807, 2.05) is 0 Å². The molecule has 1 atom stereocenters. The number of aliphatic hydroxyl groups is 1. The average Bonchev–Trinajstić information content (AvgIpc) is 2.62. The fourth-order valence-electron chi connectivity index (χ4n) is 2.36. The van der Waals surface area contributed by atoms with Gasteiger partial charge in [0.15, 0.2) is 0 Å². The fourth-order valence-corrected chi connectivity index (χ4v) is 2.36. The quantitative estimate of drug-likeness (QED) is 0.770. The lowest BCUT2D eigenvalue weighted by molar-refractivity contribution is -0.251. The summed E-state index contributed by atoms with van der Waals surface area (Å²) in [5.41, 5.74) is -3.94. The predicted molar refractivity (Wildman–Crippen MR) is 62.5 cm³/mol. The molecular weight excluding hydrogens is 259 g/mol. The second-order valence-electron chi connectivity index (χ2n) is 4.37. The second-order valence-corrected chi connectivity index (χ2v) is 4.37. The van der Waals surface area contributed by atoms with E-state index < -0.39 is 23.2 Å². The van der Waals surface area contributed by atoms with Crippen molar-refractivity contribution in [3.8, 4) is 0 Å². The van der Waals surface area contributed by atoms with Gasteiger partial charge in [-0.3, -0.25) is 4.79 Å². The molecule has 0 aromatic heterocycles. The monoisotopic (exact) mass is 267 g/mol. The number of rotatable bonds is 0. The van der Waals surface area contributed by atoms with Crippen LogP contribution in [-0.4, -0.2) is 17.2 Å². The Kier molecular flexibility index (Phi) is 2.19. The maximum absolute atomic E-state index is 13.1. The van der Waals surface area contributed by atoms with Crippen molar-refractivity contribution in [2.45, 2.75) is 11.8 Å². The lowest BCUT2D eigenvalue weighted by atomic mass is 9.90. The smallest absolute Gasteiger partial charge is 0.368 e. The Labute approximate surface area is 105 Å². The number of amides is 1. The average molecular weight is 267 g/mol. The van der Waals surface area contributed by atoms with Crippen LogP contribution in [0.4, 0.5) is 18.9 Å². The van der Waals surface area contributed by atoms with Crippen LogP contribution < -0.4 is 5.32 Å². The summed E-state index contributed by atoms with van der Waals surface area (Å²) in [6, 6.07) is 9.25. The highest BCUT2D eigenvalue weighted by Gasteiger charge is 2.65. The van der Waals surface area contributed by atoms with Crippen LogP contribution in [0.5, 0.6) is 0 Å². The van der Waals surface area contributed by atoms with Crippen molar-refractivity contribution in [2.24, 2.45) is 0 Å². The molecule has 1 heterocycles. The van der Waals surface area contributed by atoms with Crippen molar-refractivity contribution >= 4 is 22.4 Å². The van der Waals surface area contributed by atoms with Crippen molar-refractivity contribution < 1.29 is 23.1 Å². The van der Waals surface area contributed by atoms with Crippen LogP contribution in [0.1, 0.15) is 5.56 Å². The molecular formula is C13H8F3NO2. The van der Waals surface area contributed by atoms with Crippen LogP contribution in [-0.2, 0) is 10.4 Å². The van der Waals surface area contributed by atoms with Gasteiger partial charge in [-0.15, -0.1) is 0 Å². The maximum atomic E-state index is 13.1. The van der Waals surface area contributed by atoms with Crippen LogP contribution in [0.3, 0.4) is 0 Å². The number of halogens is 3. The molecule has 0 saturated carbocycles. The Hall–Kier alpha value is -2.08. The van der Waals surface area contributed by atoms with Gasteiger partial charge in [-0.2, -0.15) is 13.2 Å². The summed E-state index contributed by atoms with van der Waals surface area (Å²) in [5.74, 6) is -1.47. The Morgan fingerprint density at radius 2 is 1.79 bits per heavy atom. The molecule has 6 heteroatoms. The highest BCUT2D eigenvalue weighted by Crippen LogP contribution is 2.49. The third kappa shape index (κ3) is 1.40. The summed E-state index contributed by atoms with van der Waals surface area (Å²) in [4.78, 5) is 11.6. The van der Waals surface area contributed by atoms with Crippen LogP contribution in [0.2, 0.25) is 0 Å². The third-order valence-electron chi connectivity index (χ3n) is 3.28. The van der Waals surface area contributed by atoms with Gasteiger partial charge in [0.1, 0.15) is 0 Å². The van der Waals surface area contributed by atoms with Crippen molar-refractivity contribution in [3.63, 3.8) is 0 Å². The zero-order valence-electron chi connectivity index (χ0n) is 9.45. The molecule has 1 aliphatic rings. The summed E-state index contributed by atoms with van der Waals surface area (Å²) in [6.07, 6.45) is -5.08. The highest BCUT2D eigenvalue weighted by atomic mass is 19.4. The lowest BCUT2D eigenvalue weighted by Gasteiger charge is -2.24. The van der Waals surface area contributed by atoms with Crippen molar-refractivity contribution in [1.29, 1.82) is 0 Å². The van der Waals surface area contributed by atoms with Crippen LogP contribution in [0, 0.1) is 0 Å². The van der Waals surface area contributed by atoms with Gasteiger partial charge in [0.05, 0.1) is 0 Å². The number of benzene rings is 2. The topological polar surface area (TPSA) is 49.3 Å². The zero-order chi connectivity index (χ0) is 13.8. The summed E-state index contributed by atoms with van der Waals surface area (Å²) in [7, 11) is 0. The number of fused-ring (bicyclic) bond motifs is 3. The van der Waals surface area contributed by atoms with Gasteiger partial charge >= 0.3 is 6.18 Å². The molecule has 1 aliphatic heterocycles. The molecule has 2 aromatic rings.